The van der Waals surface area contributed by atoms with Gasteiger partial charge in [-0.05, 0) is 30.4 Å². The summed E-state index contributed by atoms with van der Waals surface area (Å²) in [7, 11) is 0. The average Bonchev–Trinajstić information content (AvgIpc) is 3.25. The molecule has 1 N–H and O–H groups in total. The number of rotatable bonds is 6. The molecule has 6 nitrogen and oxygen atoms in total. The Balaban J connectivity index is 1.64. The zero-order valence-corrected chi connectivity index (χ0v) is 14.6. The van der Waals surface area contributed by atoms with E-state index in [0.717, 1.165) is 18.5 Å². The van der Waals surface area contributed by atoms with Gasteiger partial charge in [-0.2, -0.15) is 5.10 Å². The molecule has 24 heavy (non-hydrogen) atoms. The third kappa shape index (κ3) is 3.67. The summed E-state index contributed by atoms with van der Waals surface area (Å²) >= 11 is 1.69. The lowest BCUT2D eigenvalue weighted by atomic mass is 10.1. The molecule has 0 saturated heterocycles. The summed E-state index contributed by atoms with van der Waals surface area (Å²) in [4.78, 5) is 27.9. The highest BCUT2D eigenvalue weighted by Gasteiger charge is 2.32. The van der Waals surface area contributed by atoms with E-state index in [2.05, 4.69) is 16.5 Å². The molecule has 0 aliphatic carbocycles. The van der Waals surface area contributed by atoms with Crippen LogP contribution < -0.4 is 5.32 Å². The molecule has 7 heteroatoms. The molecule has 3 rings (SSSR count). The van der Waals surface area contributed by atoms with Crippen LogP contribution in [0.1, 0.15) is 36.4 Å². The summed E-state index contributed by atoms with van der Waals surface area (Å²) in [6.45, 7) is 3.49. The summed E-state index contributed by atoms with van der Waals surface area (Å²) in [6, 6.07) is 5.50. The molecule has 2 aromatic heterocycles. The van der Waals surface area contributed by atoms with Gasteiger partial charge >= 0.3 is 0 Å². The normalized spacial score (nSPS) is 16.7. The number of amides is 2. The minimum Gasteiger partial charge on any atom is -0.354 e. The first kappa shape index (κ1) is 16.7. The monoisotopic (exact) mass is 346 g/mol. The van der Waals surface area contributed by atoms with Gasteiger partial charge in [-0.1, -0.05) is 13.0 Å². The number of nitrogens with one attached hydrogen (secondary N) is 1. The van der Waals surface area contributed by atoms with Crippen LogP contribution in [0.25, 0.3) is 0 Å². The highest BCUT2D eigenvalue weighted by molar-refractivity contribution is 7.09. The average molecular weight is 346 g/mol. The van der Waals surface area contributed by atoms with E-state index in [4.69, 9.17) is 0 Å². The molecule has 2 aromatic rings. The van der Waals surface area contributed by atoms with Crippen molar-refractivity contribution < 1.29 is 9.59 Å². The van der Waals surface area contributed by atoms with E-state index in [9.17, 15) is 9.59 Å². The number of thiophene rings is 1. The van der Waals surface area contributed by atoms with Crippen LogP contribution in [0.4, 0.5) is 0 Å². The molecule has 1 atom stereocenters. The first-order valence-electron chi connectivity index (χ1n) is 8.29. The smallest absolute Gasteiger partial charge is 0.246 e. The van der Waals surface area contributed by atoms with Crippen molar-refractivity contribution in [2.75, 3.05) is 13.1 Å². The molecule has 0 aromatic carbocycles. The summed E-state index contributed by atoms with van der Waals surface area (Å²) < 4.78 is 1.75. The second-order valence-electron chi connectivity index (χ2n) is 5.93. The molecule has 2 amide bonds. The minimum atomic E-state index is -0.451. The maximum atomic E-state index is 12.6. The van der Waals surface area contributed by atoms with E-state index < -0.39 is 6.04 Å². The molecule has 0 radical (unpaired) electrons. The SMILES string of the molecule is CCCC(=O)N1Cc2ccnn2[C@@H](C(=O)NCCc2cccs2)C1. The van der Waals surface area contributed by atoms with Crippen molar-refractivity contribution in [2.24, 2.45) is 0 Å². The Hall–Kier alpha value is -2.15. The van der Waals surface area contributed by atoms with Crippen LogP contribution in [0.2, 0.25) is 0 Å². The molecule has 0 spiro atoms. The molecule has 1 aliphatic rings. The minimum absolute atomic E-state index is 0.0782. The van der Waals surface area contributed by atoms with Crippen molar-refractivity contribution in [3.63, 3.8) is 0 Å². The maximum absolute atomic E-state index is 12.6. The first-order chi connectivity index (χ1) is 11.7. The Morgan fingerprint density at radius 1 is 1.42 bits per heavy atom. The van der Waals surface area contributed by atoms with Gasteiger partial charge in [-0.25, -0.2) is 0 Å². The van der Waals surface area contributed by atoms with Gasteiger partial charge in [0.1, 0.15) is 6.04 Å². The lowest BCUT2D eigenvalue weighted by Gasteiger charge is -2.33. The quantitative estimate of drug-likeness (QED) is 0.870. The number of hydrogen-bond donors (Lipinski definition) is 1. The van der Waals surface area contributed by atoms with Gasteiger partial charge in [0.05, 0.1) is 18.8 Å². The Morgan fingerprint density at radius 2 is 2.29 bits per heavy atom. The highest BCUT2D eigenvalue weighted by Crippen LogP contribution is 2.21. The molecule has 0 bridgehead atoms. The summed E-state index contributed by atoms with van der Waals surface area (Å²) in [5.74, 6) is 0.0202. The number of aromatic nitrogens is 2. The Labute approximate surface area is 145 Å². The third-order valence-corrected chi connectivity index (χ3v) is 5.10. The van der Waals surface area contributed by atoms with Crippen molar-refractivity contribution >= 4 is 23.2 Å². The standard InChI is InChI=1S/C17H22N4O2S/c1-2-4-16(22)20-11-13-6-9-19-21(13)15(12-20)17(23)18-8-7-14-5-3-10-24-14/h3,5-6,9-10,15H,2,4,7-8,11-12H2,1H3,(H,18,23)/t15-/m1/s1. The lowest BCUT2D eigenvalue weighted by molar-refractivity contribution is -0.135. The molecular formula is C17H22N4O2S. The molecule has 3 heterocycles. The maximum Gasteiger partial charge on any atom is 0.246 e. The van der Waals surface area contributed by atoms with E-state index in [0.29, 0.717) is 26.1 Å². The van der Waals surface area contributed by atoms with Crippen LogP contribution in [0.3, 0.4) is 0 Å². The topological polar surface area (TPSA) is 67.2 Å². The summed E-state index contributed by atoms with van der Waals surface area (Å²) in [5, 5.41) is 9.29. The Bertz CT molecular complexity index is 695. The molecule has 0 unspecified atom stereocenters. The van der Waals surface area contributed by atoms with Gasteiger partial charge in [0.2, 0.25) is 11.8 Å². The molecule has 0 fully saturated rings. The van der Waals surface area contributed by atoms with Crippen molar-refractivity contribution in [1.82, 2.24) is 20.0 Å². The van der Waals surface area contributed by atoms with E-state index in [-0.39, 0.29) is 11.8 Å². The van der Waals surface area contributed by atoms with Crippen LogP contribution in [0.5, 0.6) is 0 Å². The van der Waals surface area contributed by atoms with Gasteiger partial charge in [0, 0.05) is 24.0 Å². The number of carbonyl (C=O) groups is 2. The second kappa shape index (κ2) is 7.61. The van der Waals surface area contributed by atoms with E-state index in [1.807, 2.05) is 24.4 Å². The van der Waals surface area contributed by atoms with Gasteiger partial charge < -0.3 is 10.2 Å². The van der Waals surface area contributed by atoms with Crippen LogP contribution in [0.15, 0.2) is 29.8 Å². The van der Waals surface area contributed by atoms with Crippen LogP contribution in [-0.4, -0.2) is 39.6 Å². The second-order valence-corrected chi connectivity index (χ2v) is 6.96. The van der Waals surface area contributed by atoms with Crippen LogP contribution >= 0.6 is 11.3 Å². The fourth-order valence-electron chi connectivity index (χ4n) is 2.93. The molecule has 128 valence electrons. The van der Waals surface area contributed by atoms with E-state index >= 15 is 0 Å². The van der Waals surface area contributed by atoms with Gasteiger partial charge in [0.15, 0.2) is 0 Å². The van der Waals surface area contributed by atoms with Crippen molar-refractivity contribution in [1.29, 1.82) is 0 Å². The Kier molecular flexibility index (Phi) is 5.30. The number of hydrogen-bond acceptors (Lipinski definition) is 4. The van der Waals surface area contributed by atoms with Gasteiger partial charge in [0.25, 0.3) is 0 Å². The fourth-order valence-corrected chi connectivity index (χ4v) is 3.64. The molecular weight excluding hydrogens is 324 g/mol. The third-order valence-electron chi connectivity index (χ3n) is 4.16. The van der Waals surface area contributed by atoms with Crippen molar-refractivity contribution in [2.45, 2.75) is 38.8 Å². The van der Waals surface area contributed by atoms with Gasteiger partial charge in [-0.3, -0.25) is 14.3 Å². The predicted octanol–water partition coefficient (Wildman–Crippen LogP) is 1.99. The first-order valence-corrected chi connectivity index (χ1v) is 9.17. The summed E-state index contributed by atoms with van der Waals surface area (Å²) in [6.07, 6.45) is 3.84. The lowest BCUT2D eigenvalue weighted by Crippen LogP contribution is -2.47. The molecule has 0 saturated carbocycles. The predicted molar refractivity (Wildman–Crippen MR) is 92.6 cm³/mol. The molecule has 1 aliphatic heterocycles. The number of carbonyl (C=O) groups excluding carboxylic acids is 2. The number of fused-ring (bicyclic) bond motifs is 1. The Morgan fingerprint density at radius 3 is 3.04 bits per heavy atom. The van der Waals surface area contributed by atoms with Crippen molar-refractivity contribution in [3.8, 4) is 0 Å². The fraction of sp³-hybridized carbons (Fsp3) is 0.471. The summed E-state index contributed by atoms with van der Waals surface area (Å²) in [5.41, 5.74) is 0.907. The van der Waals surface area contributed by atoms with E-state index in [1.54, 1.807) is 27.1 Å². The largest absolute Gasteiger partial charge is 0.354 e. The van der Waals surface area contributed by atoms with Crippen LogP contribution in [-0.2, 0) is 22.6 Å². The van der Waals surface area contributed by atoms with Crippen LogP contribution in [0, 0.1) is 0 Å². The van der Waals surface area contributed by atoms with E-state index in [1.165, 1.54) is 4.88 Å². The van der Waals surface area contributed by atoms with Gasteiger partial charge in [-0.15, -0.1) is 11.3 Å². The zero-order valence-electron chi connectivity index (χ0n) is 13.8. The van der Waals surface area contributed by atoms with Crippen molar-refractivity contribution in [3.05, 3.63) is 40.3 Å². The number of nitrogens with zero attached hydrogens (tertiary/aromatic N) is 3. The zero-order chi connectivity index (χ0) is 16.9. The highest BCUT2D eigenvalue weighted by atomic mass is 32.1.